The van der Waals surface area contributed by atoms with Gasteiger partial charge in [0.25, 0.3) is 5.91 Å². The normalized spacial score (nSPS) is 11.4. The number of nitrogens with one attached hydrogen (secondary N) is 1. The molecule has 0 aliphatic carbocycles. The molecule has 1 amide bonds. The van der Waals surface area contributed by atoms with Gasteiger partial charge in [0.2, 0.25) is 5.95 Å². The van der Waals surface area contributed by atoms with Crippen molar-refractivity contribution in [2.75, 3.05) is 12.3 Å². The number of ether oxygens (including phenoxy) is 1. The number of rotatable bonds is 6. The summed E-state index contributed by atoms with van der Waals surface area (Å²) in [5.41, 5.74) is 6.78. The van der Waals surface area contributed by atoms with E-state index in [2.05, 4.69) is 31.9 Å². The minimum Gasteiger partial charge on any atom is -0.434 e. The lowest BCUT2D eigenvalue weighted by Gasteiger charge is -2.17. The Morgan fingerprint density at radius 1 is 1.13 bits per heavy atom. The Morgan fingerprint density at radius 3 is 2.48 bits per heavy atom. The average molecular weight is 424 g/mol. The van der Waals surface area contributed by atoms with Crippen LogP contribution in [0.4, 0.5) is 14.7 Å². The van der Waals surface area contributed by atoms with E-state index in [0.717, 1.165) is 5.56 Å². The molecule has 3 aromatic rings. The fraction of sp³-hybridized carbons (Fsp3) is 0.136. The topological polar surface area (TPSA) is 110 Å². The number of nitrogen functional groups attached to an aromatic ring is 1. The maximum absolute atomic E-state index is 12.8. The molecule has 0 saturated carbocycles. The van der Waals surface area contributed by atoms with Crippen molar-refractivity contribution in [3.05, 3.63) is 83.2 Å². The fourth-order valence-corrected chi connectivity index (χ4v) is 2.67. The number of alkyl halides is 2. The lowest BCUT2D eigenvalue weighted by Crippen LogP contribution is -2.30. The van der Waals surface area contributed by atoms with Gasteiger partial charge < -0.3 is 20.9 Å². The van der Waals surface area contributed by atoms with Crippen LogP contribution < -0.4 is 15.8 Å². The Labute approximate surface area is 176 Å². The summed E-state index contributed by atoms with van der Waals surface area (Å²) in [6, 6.07) is 12.2. The van der Waals surface area contributed by atoms with E-state index in [4.69, 9.17) is 5.73 Å². The molecule has 1 atom stereocenters. The van der Waals surface area contributed by atoms with E-state index in [9.17, 15) is 18.7 Å². The summed E-state index contributed by atoms with van der Waals surface area (Å²) in [4.78, 5) is 20.3. The zero-order valence-electron chi connectivity index (χ0n) is 16.1. The third kappa shape index (κ3) is 5.98. The van der Waals surface area contributed by atoms with Crippen LogP contribution in [-0.4, -0.2) is 34.2 Å². The molecule has 0 radical (unpaired) electrons. The van der Waals surface area contributed by atoms with E-state index in [0.29, 0.717) is 5.56 Å². The lowest BCUT2D eigenvalue weighted by molar-refractivity contribution is -0.0500. The van der Waals surface area contributed by atoms with Gasteiger partial charge in [-0.2, -0.15) is 8.78 Å². The number of carbonyl (C=O) groups is 1. The largest absolute Gasteiger partial charge is 0.434 e. The smallest absolute Gasteiger partial charge is 0.387 e. The molecule has 158 valence electrons. The van der Waals surface area contributed by atoms with Crippen molar-refractivity contribution in [2.24, 2.45) is 0 Å². The Balaban J connectivity index is 1.88. The van der Waals surface area contributed by atoms with Crippen LogP contribution in [-0.2, 0) is 0 Å². The van der Waals surface area contributed by atoms with Crippen LogP contribution in [0.25, 0.3) is 0 Å². The van der Waals surface area contributed by atoms with Crippen LogP contribution in [0.3, 0.4) is 0 Å². The Morgan fingerprint density at radius 2 is 1.84 bits per heavy atom. The van der Waals surface area contributed by atoms with Crippen molar-refractivity contribution >= 4 is 11.9 Å². The Hall–Kier alpha value is -4.03. The van der Waals surface area contributed by atoms with Crippen molar-refractivity contribution in [1.82, 2.24) is 15.3 Å². The highest BCUT2D eigenvalue weighted by atomic mass is 19.3. The first kappa shape index (κ1) is 21.7. The number of nitrogens with zero attached hydrogens (tertiary/aromatic N) is 2. The van der Waals surface area contributed by atoms with Crippen molar-refractivity contribution in [2.45, 2.75) is 12.7 Å². The number of hydrogen-bond acceptors (Lipinski definition) is 6. The molecule has 31 heavy (non-hydrogen) atoms. The van der Waals surface area contributed by atoms with Gasteiger partial charge in [-0.05, 0) is 23.8 Å². The van der Waals surface area contributed by atoms with E-state index in [-0.39, 0.29) is 29.4 Å². The van der Waals surface area contributed by atoms with E-state index in [1.165, 1.54) is 30.6 Å². The van der Waals surface area contributed by atoms with Gasteiger partial charge in [0.15, 0.2) is 0 Å². The molecule has 0 bridgehead atoms. The summed E-state index contributed by atoms with van der Waals surface area (Å²) in [5, 5.41) is 12.3. The highest BCUT2D eigenvalue weighted by Crippen LogP contribution is 2.22. The summed E-state index contributed by atoms with van der Waals surface area (Å²) in [5.74, 6) is 4.79. The van der Waals surface area contributed by atoms with E-state index in [1.54, 1.807) is 24.3 Å². The van der Waals surface area contributed by atoms with E-state index >= 15 is 0 Å². The first-order valence-electron chi connectivity index (χ1n) is 9.11. The van der Waals surface area contributed by atoms with Gasteiger partial charge in [-0.15, -0.1) is 0 Å². The van der Waals surface area contributed by atoms with Crippen LogP contribution in [0.15, 0.2) is 60.9 Å². The van der Waals surface area contributed by atoms with E-state index in [1.807, 2.05) is 6.07 Å². The van der Waals surface area contributed by atoms with Crippen molar-refractivity contribution in [1.29, 1.82) is 0 Å². The van der Waals surface area contributed by atoms with Gasteiger partial charge >= 0.3 is 6.61 Å². The van der Waals surface area contributed by atoms with Gasteiger partial charge in [0, 0.05) is 18.0 Å². The predicted molar refractivity (Wildman–Crippen MR) is 109 cm³/mol. The number of carbonyl (C=O) groups excluding carboxylic acids is 1. The molecule has 2 aromatic carbocycles. The number of aromatic nitrogens is 2. The first-order chi connectivity index (χ1) is 15.0. The molecular formula is C22H18F2N4O3. The Kier molecular flexibility index (Phi) is 7.09. The minimum atomic E-state index is -3.06. The second kappa shape index (κ2) is 10.1. The number of halogens is 2. The predicted octanol–water partition coefficient (Wildman–Crippen LogP) is 2.52. The fourth-order valence-electron chi connectivity index (χ4n) is 2.67. The second-order valence-electron chi connectivity index (χ2n) is 6.29. The summed E-state index contributed by atoms with van der Waals surface area (Å²) < 4.78 is 30.0. The summed E-state index contributed by atoms with van der Waals surface area (Å²) >= 11 is 0. The number of nitrogens with two attached hydrogens (primary N) is 1. The van der Waals surface area contributed by atoms with Gasteiger partial charge in [0.1, 0.15) is 5.75 Å². The maximum atomic E-state index is 12.8. The number of amides is 1. The van der Waals surface area contributed by atoms with Crippen LogP contribution in [0.2, 0.25) is 0 Å². The zero-order chi connectivity index (χ0) is 22.2. The van der Waals surface area contributed by atoms with Crippen LogP contribution in [0.1, 0.15) is 33.1 Å². The molecule has 7 nitrogen and oxygen atoms in total. The molecule has 1 unspecified atom stereocenters. The third-order valence-corrected chi connectivity index (χ3v) is 4.16. The lowest BCUT2D eigenvalue weighted by atomic mass is 10.1. The first-order valence-corrected chi connectivity index (χ1v) is 9.11. The van der Waals surface area contributed by atoms with Crippen molar-refractivity contribution in [3.8, 4) is 17.6 Å². The van der Waals surface area contributed by atoms with Gasteiger partial charge in [-0.1, -0.05) is 42.2 Å². The highest BCUT2D eigenvalue weighted by molar-refractivity contribution is 5.95. The maximum Gasteiger partial charge on any atom is 0.387 e. The van der Waals surface area contributed by atoms with Crippen molar-refractivity contribution < 1.29 is 23.4 Å². The van der Waals surface area contributed by atoms with Crippen LogP contribution in [0, 0.1) is 11.8 Å². The minimum absolute atomic E-state index is 0.0720. The summed E-state index contributed by atoms with van der Waals surface area (Å²) in [6.45, 7) is -3.37. The number of anilines is 1. The summed E-state index contributed by atoms with van der Waals surface area (Å²) in [6.07, 6.45) is 2.76. The van der Waals surface area contributed by atoms with Crippen LogP contribution in [0.5, 0.6) is 5.75 Å². The standard InChI is InChI=1S/C22H18F2N4O3/c23-21(24)31-19-9-8-17(10-16(19)7-6-14-11-26-22(25)27-12-14)20(30)28-18(13-29)15-4-2-1-3-5-15/h1-5,8-12,18,21,29H,13H2,(H,28,30)(H2,25,26,27). The SMILES string of the molecule is Nc1ncc(C#Cc2cc(C(=O)NC(CO)c3ccccc3)ccc2OC(F)F)cn1. The number of hydrogen-bond donors (Lipinski definition) is 3. The zero-order valence-corrected chi connectivity index (χ0v) is 16.1. The van der Waals surface area contributed by atoms with E-state index < -0.39 is 18.6 Å². The Bertz CT molecular complexity index is 1100. The molecule has 0 saturated heterocycles. The molecule has 1 aromatic heterocycles. The van der Waals surface area contributed by atoms with Gasteiger partial charge in [-0.3, -0.25) is 4.79 Å². The van der Waals surface area contributed by atoms with Gasteiger partial charge in [-0.25, -0.2) is 9.97 Å². The number of aliphatic hydroxyl groups excluding tert-OH is 1. The molecule has 9 heteroatoms. The molecule has 0 aliphatic heterocycles. The molecule has 3 rings (SSSR count). The quantitative estimate of drug-likeness (QED) is 0.525. The molecular weight excluding hydrogens is 406 g/mol. The van der Waals surface area contributed by atoms with Gasteiger partial charge in [0.05, 0.1) is 23.8 Å². The monoisotopic (exact) mass is 424 g/mol. The molecule has 1 heterocycles. The molecule has 4 N–H and O–H groups in total. The summed E-state index contributed by atoms with van der Waals surface area (Å²) in [7, 11) is 0. The molecule has 0 fully saturated rings. The average Bonchev–Trinajstić information content (AvgIpc) is 2.78. The number of benzene rings is 2. The molecule has 0 spiro atoms. The van der Waals surface area contributed by atoms with Crippen LogP contribution >= 0.6 is 0 Å². The molecule has 0 aliphatic rings. The second-order valence-corrected chi connectivity index (χ2v) is 6.29. The third-order valence-electron chi connectivity index (χ3n) is 4.16. The number of aliphatic hydroxyl groups is 1. The highest BCUT2D eigenvalue weighted by Gasteiger charge is 2.17. The van der Waals surface area contributed by atoms with Crippen molar-refractivity contribution in [3.63, 3.8) is 0 Å².